The Balaban J connectivity index is 3.91. The van der Waals surface area contributed by atoms with Crippen molar-refractivity contribution in [3.8, 4) is 0 Å². The van der Waals surface area contributed by atoms with Gasteiger partial charge in [-0.25, -0.2) is 0 Å². The zero-order valence-electron chi connectivity index (χ0n) is 12.3. The molecule has 0 spiro atoms. The molecular weight excluding hydrogens is 214 g/mol. The summed E-state index contributed by atoms with van der Waals surface area (Å²) in [5.41, 5.74) is -0.622. The molecular formula is C14H29NO2. The zero-order chi connectivity index (χ0) is 13.7. The Bertz CT molecular complexity index is 239. The van der Waals surface area contributed by atoms with Crippen molar-refractivity contribution in [2.24, 2.45) is 11.3 Å². The number of rotatable bonds is 6. The highest BCUT2D eigenvalue weighted by atomic mass is 16.3. The van der Waals surface area contributed by atoms with E-state index in [-0.39, 0.29) is 11.3 Å². The predicted octanol–water partition coefficient (Wildman–Crippen LogP) is 2.73. The normalized spacial score (nSPS) is 15.8. The quantitative estimate of drug-likeness (QED) is 0.753. The van der Waals surface area contributed by atoms with Crippen molar-refractivity contribution in [2.75, 3.05) is 6.54 Å². The number of nitrogens with one attached hydrogen (secondary N) is 1. The molecule has 3 nitrogen and oxygen atoms in total. The van der Waals surface area contributed by atoms with Crippen molar-refractivity contribution in [1.82, 2.24) is 5.32 Å². The van der Waals surface area contributed by atoms with Crippen LogP contribution in [0.3, 0.4) is 0 Å². The molecule has 0 rings (SSSR count). The van der Waals surface area contributed by atoms with Crippen LogP contribution in [-0.4, -0.2) is 23.2 Å². The van der Waals surface area contributed by atoms with E-state index in [9.17, 15) is 9.90 Å². The summed E-state index contributed by atoms with van der Waals surface area (Å²) in [4.78, 5) is 11.6. The molecule has 0 bridgehead atoms. The zero-order valence-corrected chi connectivity index (χ0v) is 12.3. The molecule has 0 aliphatic rings. The van der Waals surface area contributed by atoms with Crippen molar-refractivity contribution < 1.29 is 9.90 Å². The standard InChI is InChI=1S/C14H29NO2/c1-11(2)9-14(6,17)10-15-12(16)7-8-13(3,4)5/h11,17H,7-10H2,1-6H3,(H,15,16). The Morgan fingerprint density at radius 3 is 2.18 bits per heavy atom. The number of hydrogen-bond donors (Lipinski definition) is 2. The Morgan fingerprint density at radius 2 is 1.76 bits per heavy atom. The van der Waals surface area contributed by atoms with E-state index in [4.69, 9.17) is 0 Å². The minimum Gasteiger partial charge on any atom is -0.388 e. The Kier molecular flexibility index (Phi) is 6.17. The summed E-state index contributed by atoms with van der Waals surface area (Å²) < 4.78 is 0. The minimum absolute atomic E-state index is 0.0314. The second-order valence-corrected chi connectivity index (χ2v) is 6.93. The highest BCUT2D eigenvalue weighted by Gasteiger charge is 2.22. The molecule has 0 saturated carbocycles. The molecule has 0 aromatic carbocycles. The molecule has 0 radical (unpaired) electrons. The van der Waals surface area contributed by atoms with Crippen molar-refractivity contribution in [1.29, 1.82) is 0 Å². The van der Waals surface area contributed by atoms with E-state index in [1.165, 1.54) is 0 Å². The van der Waals surface area contributed by atoms with Crippen molar-refractivity contribution in [2.45, 2.75) is 66.4 Å². The van der Waals surface area contributed by atoms with Gasteiger partial charge in [0, 0.05) is 13.0 Å². The smallest absolute Gasteiger partial charge is 0.220 e. The van der Waals surface area contributed by atoms with Crippen molar-refractivity contribution >= 4 is 5.91 Å². The van der Waals surface area contributed by atoms with Crippen LogP contribution >= 0.6 is 0 Å². The van der Waals surface area contributed by atoms with Crippen LogP contribution in [0.2, 0.25) is 0 Å². The molecule has 0 aliphatic carbocycles. The van der Waals surface area contributed by atoms with Gasteiger partial charge in [-0.05, 0) is 31.1 Å². The molecule has 0 heterocycles. The van der Waals surface area contributed by atoms with Gasteiger partial charge in [0.15, 0.2) is 0 Å². The van der Waals surface area contributed by atoms with Crippen LogP contribution in [0.25, 0.3) is 0 Å². The summed E-state index contributed by atoms with van der Waals surface area (Å²) in [5.74, 6) is 0.459. The van der Waals surface area contributed by atoms with Gasteiger partial charge in [0.1, 0.15) is 0 Å². The van der Waals surface area contributed by atoms with Gasteiger partial charge in [-0.2, -0.15) is 0 Å². The van der Waals surface area contributed by atoms with Crippen LogP contribution < -0.4 is 5.32 Å². The van der Waals surface area contributed by atoms with Crippen LogP contribution in [0.4, 0.5) is 0 Å². The summed E-state index contributed by atoms with van der Waals surface area (Å²) in [5, 5.41) is 12.9. The summed E-state index contributed by atoms with van der Waals surface area (Å²) in [6.45, 7) is 12.6. The summed E-state index contributed by atoms with van der Waals surface area (Å²) in [6, 6.07) is 0. The van der Waals surface area contributed by atoms with E-state index in [1.54, 1.807) is 6.92 Å². The average molecular weight is 243 g/mol. The van der Waals surface area contributed by atoms with Gasteiger partial charge < -0.3 is 10.4 Å². The second kappa shape index (κ2) is 6.39. The minimum atomic E-state index is -0.800. The van der Waals surface area contributed by atoms with Gasteiger partial charge in [-0.3, -0.25) is 4.79 Å². The number of carbonyl (C=O) groups is 1. The molecule has 0 saturated heterocycles. The van der Waals surface area contributed by atoms with Gasteiger partial charge in [0.2, 0.25) is 5.91 Å². The third kappa shape index (κ3) is 10.3. The lowest BCUT2D eigenvalue weighted by molar-refractivity contribution is -0.122. The van der Waals surface area contributed by atoms with E-state index in [0.29, 0.717) is 25.3 Å². The van der Waals surface area contributed by atoms with E-state index < -0.39 is 5.60 Å². The first-order chi connectivity index (χ1) is 7.52. The van der Waals surface area contributed by atoms with Crippen molar-refractivity contribution in [3.05, 3.63) is 0 Å². The molecule has 0 aromatic heterocycles. The number of amides is 1. The molecule has 17 heavy (non-hydrogen) atoms. The average Bonchev–Trinajstić information content (AvgIpc) is 2.08. The summed E-state index contributed by atoms with van der Waals surface area (Å²) >= 11 is 0. The monoisotopic (exact) mass is 243 g/mol. The first-order valence-corrected chi connectivity index (χ1v) is 6.51. The van der Waals surface area contributed by atoms with Gasteiger partial charge in [0.25, 0.3) is 0 Å². The molecule has 1 atom stereocenters. The maximum absolute atomic E-state index is 11.6. The highest BCUT2D eigenvalue weighted by molar-refractivity contribution is 5.75. The molecule has 0 aromatic rings. The largest absolute Gasteiger partial charge is 0.388 e. The van der Waals surface area contributed by atoms with E-state index in [2.05, 4.69) is 39.9 Å². The van der Waals surface area contributed by atoms with Crippen LogP contribution in [-0.2, 0) is 4.79 Å². The summed E-state index contributed by atoms with van der Waals surface area (Å²) in [6.07, 6.45) is 2.10. The third-order valence-corrected chi connectivity index (χ3v) is 2.62. The predicted molar refractivity (Wildman–Crippen MR) is 71.8 cm³/mol. The van der Waals surface area contributed by atoms with E-state index in [0.717, 1.165) is 6.42 Å². The van der Waals surface area contributed by atoms with Gasteiger partial charge in [0.05, 0.1) is 5.60 Å². The Morgan fingerprint density at radius 1 is 1.24 bits per heavy atom. The maximum Gasteiger partial charge on any atom is 0.220 e. The summed E-state index contributed by atoms with van der Waals surface area (Å²) in [7, 11) is 0. The van der Waals surface area contributed by atoms with E-state index >= 15 is 0 Å². The first-order valence-electron chi connectivity index (χ1n) is 6.51. The van der Waals surface area contributed by atoms with Crippen LogP contribution in [0.15, 0.2) is 0 Å². The molecule has 1 unspecified atom stereocenters. The fourth-order valence-electron chi connectivity index (χ4n) is 1.82. The van der Waals surface area contributed by atoms with Crippen LogP contribution in [0.5, 0.6) is 0 Å². The SMILES string of the molecule is CC(C)CC(C)(O)CNC(=O)CCC(C)(C)C. The molecule has 0 fully saturated rings. The number of aliphatic hydroxyl groups is 1. The number of hydrogen-bond acceptors (Lipinski definition) is 2. The van der Waals surface area contributed by atoms with Crippen molar-refractivity contribution in [3.63, 3.8) is 0 Å². The second-order valence-electron chi connectivity index (χ2n) is 6.93. The highest BCUT2D eigenvalue weighted by Crippen LogP contribution is 2.20. The molecule has 1 amide bonds. The molecule has 102 valence electrons. The topological polar surface area (TPSA) is 49.3 Å². The fraction of sp³-hybridized carbons (Fsp3) is 0.929. The molecule has 3 heteroatoms. The van der Waals surface area contributed by atoms with Gasteiger partial charge in [-0.15, -0.1) is 0 Å². The Hall–Kier alpha value is -0.570. The third-order valence-electron chi connectivity index (χ3n) is 2.62. The fourth-order valence-corrected chi connectivity index (χ4v) is 1.82. The lowest BCUT2D eigenvalue weighted by atomic mass is 9.90. The van der Waals surface area contributed by atoms with Gasteiger partial charge in [-0.1, -0.05) is 34.6 Å². The molecule has 2 N–H and O–H groups in total. The van der Waals surface area contributed by atoms with Crippen LogP contribution in [0, 0.1) is 11.3 Å². The first kappa shape index (κ1) is 16.4. The number of carbonyl (C=O) groups excluding carboxylic acids is 1. The molecule has 0 aliphatic heterocycles. The lowest BCUT2D eigenvalue weighted by Gasteiger charge is -2.26. The van der Waals surface area contributed by atoms with Crippen LogP contribution in [0.1, 0.15) is 60.8 Å². The maximum atomic E-state index is 11.6. The van der Waals surface area contributed by atoms with Gasteiger partial charge >= 0.3 is 0 Å². The van der Waals surface area contributed by atoms with E-state index in [1.807, 2.05) is 0 Å². The lowest BCUT2D eigenvalue weighted by Crippen LogP contribution is -2.41. The Labute approximate surface area is 106 Å².